The van der Waals surface area contributed by atoms with Crippen molar-refractivity contribution in [2.75, 3.05) is 75.6 Å². The molecule has 0 aliphatic carbocycles. The van der Waals surface area contributed by atoms with Crippen LogP contribution in [-0.2, 0) is 62.3 Å². The normalized spacial score (nSPS) is 27.5. The van der Waals surface area contributed by atoms with E-state index in [0.29, 0.717) is 26.3 Å². The van der Waals surface area contributed by atoms with E-state index in [1.165, 1.54) is 94.6 Å². The Morgan fingerprint density at radius 1 is 0.511 bits per heavy atom. The van der Waals surface area contributed by atoms with Crippen LogP contribution in [0.5, 0.6) is 0 Å². The second kappa shape index (κ2) is 38.1. The minimum atomic E-state index is -1.65. The zero-order valence-electron chi connectivity index (χ0n) is 61.2. The monoisotopic (exact) mass is 1330 g/mol. The number of nitrogens with one attached hydrogen (secondary N) is 4. The Labute approximate surface area is 561 Å². The molecule has 2 heterocycles. The number of nitrogens with zero attached hydrogens (tertiary/aromatic N) is 8. The number of hydrogen-bond acceptors (Lipinski definition) is 14. The summed E-state index contributed by atoms with van der Waals surface area (Å²) in [5.74, 6) is -11.2. The predicted octanol–water partition coefficient (Wildman–Crippen LogP) is 2.89. The standard InChI is InChI=1S/C68H120N12O14/c1-25-27-28-44(14)57(82)56-61(86)71-48(26-2)64(89)73(18)47(17)63(88)78(23)55(43(13)29-30-52(81)80-31-33-94-34-32-80)60(85)72-53(41(9)10)67(92)74(19)49(35-38(3)4)59(84)69-45(15)58(83)70-46(16)62(87)75(20)50(36-39(5)6)65(90)76(21)51(37-40(7)8)66(91)77(22)54(42(11)12)68(93)79(56)24/h25,27,38-51,53-57,82H,26,28-37H2,1-24H3,(H,69,84)(H,70,83)(H,71,86)(H,72,85)/t43-,44-,45+,46-,47-,48+,49+,50+,51+,53+,54+,55+,56+,57-/m1/s1. The molecule has 0 unspecified atom stereocenters. The molecule has 2 fully saturated rings. The number of morpholine rings is 1. The maximum Gasteiger partial charge on any atom is 0.246 e. The first-order chi connectivity index (χ1) is 43.6. The topological polar surface area (TPSA) is 308 Å². The van der Waals surface area contributed by atoms with Crippen molar-refractivity contribution >= 4 is 70.9 Å². The third-order valence-corrected chi connectivity index (χ3v) is 18.5. The highest BCUT2D eigenvalue weighted by molar-refractivity contribution is 6.00. The predicted molar refractivity (Wildman–Crippen MR) is 359 cm³/mol. The quantitative estimate of drug-likeness (QED) is 0.131. The van der Waals surface area contributed by atoms with E-state index in [9.17, 15) is 38.7 Å². The van der Waals surface area contributed by atoms with Gasteiger partial charge in [0.2, 0.25) is 70.9 Å². The van der Waals surface area contributed by atoms with Crippen LogP contribution in [-0.4, -0.2) is 263 Å². The van der Waals surface area contributed by atoms with E-state index in [2.05, 4.69) is 21.3 Å². The van der Waals surface area contributed by atoms with Gasteiger partial charge in [-0.25, -0.2) is 0 Å². The molecule has 2 rings (SSSR count). The van der Waals surface area contributed by atoms with Crippen molar-refractivity contribution in [3.05, 3.63) is 12.2 Å². The number of carbonyl (C=O) groups is 12. The number of ether oxygens (including phenoxy) is 1. The first kappa shape index (κ1) is 83.4. The van der Waals surface area contributed by atoms with Gasteiger partial charge in [-0.15, -0.1) is 0 Å². The third kappa shape index (κ3) is 22.5. The summed E-state index contributed by atoms with van der Waals surface area (Å²) < 4.78 is 5.45. The van der Waals surface area contributed by atoms with Crippen LogP contribution in [0.4, 0.5) is 0 Å². The average molecular weight is 1330 g/mol. The highest BCUT2D eigenvalue weighted by atomic mass is 16.5. The Hall–Kier alpha value is -6.70. The van der Waals surface area contributed by atoms with E-state index < -0.39 is 161 Å². The Bertz CT molecular complexity index is 2630. The Morgan fingerprint density at radius 2 is 0.968 bits per heavy atom. The number of allylic oxidation sites excluding steroid dienone is 2. The van der Waals surface area contributed by atoms with Gasteiger partial charge in [-0.2, -0.15) is 0 Å². The molecule has 0 bridgehead atoms. The summed E-state index contributed by atoms with van der Waals surface area (Å²) in [4.78, 5) is 187. The fourth-order valence-corrected chi connectivity index (χ4v) is 12.3. The molecule has 0 aromatic carbocycles. The smallest absolute Gasteiger partial charge is 0.246 e. The zero-order valence-corrected chi connectivity index (χ0v) is 61.2. The van der Waals surface area contributed by atoms with Gasteiger partial charge in [-0.1, -0.05) is 102 Å². The van der Waals surface area contributed by atoms with E-state index in [4.69, 9.17) is 4.74 Å². The Kier molecular flexibility index (Phi) is 33.8. The van der Waals surface area contributed by atoms with Crippen molar-refractivity contribution in [3.63, 3.8) is 0 Å². The van der Waals surface area contributed by atoms with Crippen molar-refractivity contribution in [1.29, 1.82) is 0 Å². The van der Waals surface area contributed by atoms with E-state index in [1.807, 2.05) is 41.5 Å². The lowest BCUT2D eigenvalue weighted by atomic mass is 9.91. The maximum atomic E-state index is 15.3. The van der Waals surface area contributed by atoms with Gasteiger partial charge in [-0.05, 0) is 108 Å². The molecule has 14 atom stereocenters. The molecule has 2 aliphatic rings. The Morgan fingerprint density at radius 3 is 1.46 bits per heavy atom. The van der Waals surface area contributed by atoms with Gasteiger partial charge >= 0.3 is 0 Å². The van der Waals surface area contributed by atoms with Crippen molar-refractivity contribution in [2.45, 2.75) is 235 Å². The fraction of sp³-hybridized carbons (Fsp3) is 0.794. The molecule has 0 spiro atoms. The lowest BCUT2D eigenvalue weighted by Crippen LogP contribution is -2.64. The summed E-state index contributed by atoms with van der Waals surface area (Å²) in [5, 5.41) is 23.3. The van der Waals surface area contributed by atoms with Crippen LogP contribution >= 0.6 is 0 Å². The van der Waals surface area contributed by atoms with Gasteiger partial charge < -0.3 is 70.3 Å². The van der Waals surface area contributed by atoms with Gasteiger partial charge in [-0.3, -0.25) is 57.5 Å². The van der Waals surface area contributed by atoms with Gasteiger partial charge in [0.15, 0.2) is 0 Å². The van der Waals surface area contributed by atoms with Crippen LogP contribution in [0.3, 0.4) is 0 Å². The summed E-state index contributed by atoms with van der Waals surface area (Å²) in [6, 6.07) is -14.3. The van der Waals surface area contributed by atoms with Crippen molar-refractivity contribution in [3.8, 4) is 0 Å². The summed E-state index contributed by atoms with van der Waals surface area (Å²) >= 11 is 0. The van der Waals surface area contributed by atoms with Gasteiger partial charge in [0.1, 0.15) is 66.5 Å². The summed E-state index contributed by atoms with van der Waals surface area (Å²) in [6.07, 6.45) is 2.80. The molecule has 0 radical (unpaired) electrons. The molecule has 0 saturated carbocycles. The van der Waals surface area contributed by atoms with Crippen molar-refractivity contribution in [1.82, 2.24) is 60.5 Å². The van der Waals surface area contributed by atoms with Gasteiger partial charge in [0.05, 0.1) is 19.3 Å². The van der Waals surface area contributed by atoms with E-state index in [0.717, 1.165) is 9.80 Å². The molecule has 94 heavy (non-hydrogen) atoms. The maximum absolute atomic E-state index is 15.3. The van der Waals surface area contributed by atoms with E-state index in [-0.39, 0.29) is 68.6 Å². The molecule has 0 aromatic heterocycles. The van der Waals surface area contributed by atoms with E-state index in [1.54, 1.807) is 72.4 Å². The molecular formula is C68H120N12O14. The number of aliphatic hydroxyl groups is 1. The van der Waals surface area contributed by atoms with E-state index >= 15 is 24.0 Å². The number of amides is 12. The van der Waals surface area contributed by atoms with Crippen LogP contribution in [0, 0.1) is 41.4 Å². The van der Waals surface area contributed by atoms with Crippen LogP contribution < -0.4 is 21.3 Å². The lowest BCUT2D eigenvalue weighted by molar-refractivity contribution is -0.157. The lowest BCUT2D eigenvalue weighted by Gasteiger charge is -2.41. The second-order valence-electron chi connectivity index (χ2n) is 28.3. The molecule has 26 nitrogen and oxygen atoms in total. The highest BCUT2D eigenvalue weighted by Crippen LogP contribution is 2.27. The minimum Gasteiger partial charge on any atom is -0.390 e. The van der Waals surface area contributed by atoms with Crippen LogP contribution in [0.25, 0.3) is 0 Å². The largest absolute Gasteiger partial charge is 0.390 e. The van der Waals surface area contributed by atoms with Gasteiger partial charge in [0, 0.05) is 68.8 Å². The summed E-state index contributed by atoms with van der Waals surface area (Å²) in [6.45, 7) is 30.6. The molecule has 536 valence electrons. The van der Waals surface area contributed by atoms with Gasteiger partial charge in [0.25, 0.3) is 0 Å². The van der Waals surface area contributed by atoms with Crippen molar-refractivity contribution < 1.29 is 67.4 Å². The molecule has 26 heteroatoms. The second-order valence-corrected chi connectivity index (χ2v) is 28.3. The molecule has 0 aromatic rings. The van der Waals surface area contributed by atoms with Crippen LogP contribution in [0.1, 0.15) is 163 Å². The average Bonchev–Trinajstić information content (AvgIpc) is 0.812. The van der Waals surface area contributed by atoms with Crippen LogP contribution in [0.2, 0.25) is 0 Å². The molecule has 12 amide bonds. The van der Waals surface area contributed by atoms with Crippen molar-refractivity contribution in [2.24, 2.45) is 41.4 Å². The number of aliphatic hydroxyl groups excluding tert-OH is 1. The zero-order chi connectivity index (χ0) is 72.2. The SMILES string of the molecule is CC=CC[C@@H](C)[C@@H](O)[C@H]1C(=O)N[C@@H](CC)C(=O)N(C)[C@H](C)C(=O)N(C)[C@@H]([C@H](C)CCC(=O)N2CCOCC2)C(=O)N[C@@H](C(C)C)C(=O)N(C)[C@@H](CC(C)C)C(=O)N[C@@H](C)C(=O)N[C@H](C)C(=O)N(C)[C@@H](CC(C)C)C(=O)N(C)[C@@H](CC(C)C)C(=O)N(C)[C@@H](C(C)C)C(=O)N1C. The number of likely N-dealkylation sites (N-methyl/N-ethyl adjacent to an activating group) is 7. The molecule has 5 N–H and O–H groups in total. The molecule has 2 aliphatic heterocycles. The third-order valence-electron chi connectivity index (χ3n) is 18.5. The Balaban J connectivity index is 3.05. The molecular weight excluding hydrogens is 1210 g/mol. The summed E-state index contributed by atoms with van der Waals surface area (Å²) in [7, 11) is 9.82. The first-order valence-electron chi connectivity index (χ1n) is 33.9. The highest BCUT2D eigenvalue weighted by Gasteiger charge is 2.46. The van der Waals surface area contributed by atoms with Crippen LogP contribution in [0.15, 0.2) is 12.2 Å². The first-order valence-corrected chi connectivity index (χ1v) is 33.9. The number of carbonyl (C=O) groups excluding carboxylic acids is 12. The fourth-order valence-electron chi connectivity index (χ4n) is 12.3. The number of rotatable bonds is 17. The molecule has 2 saturated heterocycles. The summed E-state index contributed by atoms with van der Waals surface area (Å²) in [5.41, 5.74) is 0. The number of hydrogen-bond donors (Lipinski definition) is 5. The minimum absolute atomic E-state index is 0.00355.